The van der Waals surface area contributed by atoms with Gasteiger partial charge in [0.1, 0.15) is 23.8 Å². The molecule has 0 spiro atoms. The number of esters is 1. The van der Waals surface area contributed by atoms with Crippen LogP contribution in [0.25, 0.3) is 11.0 Å². The molecule has 2 heterocycles. The largest absolute Gasteiger partial charge is 0.507 e. The molecule has 1 fully saturated rings. The number of rotatable bonds is 8. The molecule has 1 aliphatic heterocycles. The molecule has 1 aromatic heterocycles. The number of nitrogens with zero attached hydrogens (tertiary/aromatic N) is 3. The van der Waals surface area contributed by atoms with Crippen molar-refractivity contribution in [2.45, 2.75) is 27.0 Å². The zero-order valence-corrected chi connectivity index (χ0v) is 19.9. The zero-order chi connectivity index (χ0) is 24.8. The van der Waals surface area contributed by atoms with E-state index in [2.05, 4.69) is 10.1 Å². The third kappa shape index (κ3) is 5.65. The van der Waals surface area contributed by atoms with Crippen LogP contribution in [0, 0.1) is 0 Å². The van der Waals surface area contributed by atoms with E-state index in [1.165, 1.54) is 0 Å². The molecule has 0 bridgehead atoms. The van der Waals surface area contributed by atoms with E-state index in [4.69, 9.17) is 18.7 Å². The van der Waals surface area contributed by atoms with Gasteiger partial charge >= 0.3 is 12.1 Å². The summed E-state index contributed by atoms with van der Waals surface area (Å²) >= 11 is 0. The van der Waals surface area contributed by atoms with Crippen molar-refractivity contribution in [3.05, 3.63) is 53.2 Å². The van der Waals surface area contributed by atoms with Crippen molar-refractivity contribution in [1.82, 2.24) is 15.0 Å². The fourth-order valence-electron chi connectivity index (χ4n) is 3.94. The minimum Gasteiger partial charge on any atom is -0.507 e. The number of carbonyl (C=O) groups excluding carboxylic acids is 2. The van der Waals surface area contributed by atoms with Crippen LogP contribution in [0.4, 0.5) is 4.79 Å². The van der Waals surface area contributed by atoms with Crippen molar-refractivity contribution in [2.24, 2.45) is 0 Å². The number of piperazine rings is 1. The van der Waals surface area contributed by atoms with E-state index in [0.29, 0.717) is 74.1 Å². The number of hydrogen-bond donors (Lipinski definition) is 1. The average Bonchev–Trinajstić information content (AvgIpc) is 3.28. The number of aromatic nitrogens is 1. The Labute approximate surface area is 202 Å². The topological polar surface area (TPSA) is 115 Å². The van der Waals surface area contributed by atoms with Crippen LogP contribution in [-0.2, 0) is 22.6 Å². The Balaban J connectivity index is 1.41. The molecular formula is C25H29N3O7. The van der Waals surface area contributed by atoms with Crippen LogP contribution >= 0.6 is 0 Å². The van der Waals surface area contributed by atoms with Crippen LogP contribution in [0.15, 0.2) is 40.9 Å². The summed E-state index contributed by atoms with van der Waals surface area (Å²) in [6.45, 7) is 7.26. The van der Waals surface area contributed by atoms with Crippen molar-refractivity contribution in [3.63, 3.8) is 0 Å². The molecule has 0 radical (unpaired) electrons. The molecule has 0 unspecified atom stereocenters. The smallest absolute Gasteiger partial charge is 0.409 e. The van der Waals surface area contributed by atoms with Crippen LogP contribution in [0.2, 0.25) is 0 Å². The predicted molar refractivity (Wildman–Crippen MR) is 126 cm³/mol. The Kier molecular flexibility index (Phi) is 7.71. The Morgan fingerprint density at radius 3 is 2.40 bits per heavy atom. The molecule has 1 saturated heterocycles. The number of phenols is 1. The van der Waals surface area contributed by atoms with Gasteiger partial charge in [0.2, 0.25) is 0 Å². The lowest BCUT2D eigenvalue weighted by Gasteiger charge is -2.34. The number of ether oxygens (including phenoxy) is 3. The van der Waals surface area contributed by atoms with E-state index < -0.39 is 0 Å². The number of fused-ring (bicyclic) bond motifs is 1. The highest BCUT2D eigenvalue weighted by atomic mass is 16.6. The quantitative estimate of drug-likeness (QED) is 0.480. The van der Waals surface area contributed by atoms with E-state index in [9.17, 15) is 14.7 Å². The standard InChI is InChI=1S/C25H29N3O7/c1-3-32-24(30)17-5-7-18(8-6-17)34-16-21-19-9-10-22(29)20(23(19)35-26-21)15-27-11-13-28(14-12-27)25(31)33-4-2/h5-10,29H,3-4,11-16H2,1-2H3. The van der Waals surface area contributed by atoms with Gasteiger partial charge in [0.25, 0.3) is 0 Å². The molecule has 186 valence electrons. The van der Waals surface area contributed by atoms with Crippen molar-refractivity contribution in [1.29, 1.82) is 0 Å². The van der Waals surface area contributed by atoms with Crippen molar-refractivity contribution < 1.29 is 33.4 Å². The molecule has 10 nitrogen and oxygen atoms in total. The van der Waals surface area contributed by atoms with E-state index in [-0.39, 0.29) is 24.4 Å². The van der Waals surface area contributed by atoms with Gasteiger partial charge in [-0.3, -0.25) is 4.90 Å². The first-order valence-corrected chi connectivity index (χ1v) is 11.6. The van der Waals surface area contributed by atoms with Gasteiger partial charge in [-0.05, 0) is 50.2 Å². The summed E-state index contributed by atoms with van der Waals surface area (Å²) in [4.78, 5) is 27.5. The first-order valence-electron chi connectivity index (χ1n) is 11.6. The summed E-state index contributed by atoms with van der Waals surface area (Å²) in [7, 11) is 0. The van der Waals surface area contributed by atoms with Gasteiger partial charge in [-0.15, -0.1) is 0 Å². The summed E-state index contributed by atoms with van der Waals surface area (Å²) in [5.74, 6) is 0.326. The molecule has 1 N–H and O–H groups in total. The minimum absolute atomic E-state index is 0.128. The average molecular weight is 484 g/mol. The van der Waals surface area contributed by atoms with Gasteiger partial charge in [0, 0.05) is 38.1 Å². The van der Waals surface area contributed by atoms with Gasteiger partial charge in [0.05, 0.1) is 24.3 Å². The van der Waals surface area contributed by atoms with Crippen molar-refractivity contribution in [3.8, 4) is 11.5 Å². The highest BCUT2D eigenvalue weighted by Crippen LogP contribution is 2.31. The third-order valence-electron chi connectivity index (χ3n) is 5.81. The Morgan fingerprint density at radius 2 is 1.71 bits per heavy atom. The molecule has 1 aliphatic rings. The highest BCUT2D eigenvalue weighted by molar-refractivity contribution is 5.89. The lowest BCUT2D eigenvalue weighted by Crippen LogP contribution is -2.48. The molecular weight excluding hydrogens is 454 g/mol. The van der Waals surface area contributed by atoms with Gasteiger partial charge < -0.3 is 28.7 Å². The molecule has 0 atom stereocenters. The summed E-state index contributed by atoms with van der Waals surface area (Å²) in [6.07, 6.45) is -0.299. The Hall–Kier alpha value is -3.79. The van der Waals surface area contributed by atoms with Crippen LogP contribution in [-0.4, -0.2) is 71.5 Å². The summed E-state index contributed by atoms with van der Waals surface area (Å²) < 4.78 is 21.5. The second-order valence-electron chi connectivity index (χ2n) is 8.06. The number of amides is 1. The van der Waals surface area contributed by atoms with Gasteiger partial charge in [-0.2, -0.15) is 0 Å². The molecule has 10 heteroatoms. The van der Waals surface area contributed by atoms with Crippen LogP contribution in [0.1, 0.15) is 35.5 Å². The third-order valence-corrected chi connectivity index (χ3v) is 5.81. The number of benzene rings is 2. The maximum atomic E-state index is 11.9. The fourth-order valence-corrected chi connectivity index (χ4v) is 3.94. The van der Waals surface area contributed by atoms with Crippen LogP contribution in [0.5, 0.6) is 11.5 Å². The molecule has 2 aromatic carbocycles. The maximum Gasteiger partial charge on any atom is 0.409 e. The van der Waals surface area contributed by atoms with Gasteiger partial charge in [-0.25, -0.2) is 9.59 Å². The van der Waals surface area contributed by atoms with Crippen molar-refractivity contribution >= 4 is 23.0 Å². The number of hydrogen-bond acceptors (Lipinski definition) is 9. The second kappa shape index (κ2) is 11.1. The summed E-state index contributed by atoms with van der Waals surface area (Å²) in [5.41, 5.74) is 2.20. The molecule has 0 aliphatic carbocycles. The Morgan fingerprint density at radius 1 is 1.00 bits per heavy atom. The van der Waals surface area contributed by atoms with E-state index >= 15 is 0 Å². The number of phenolic OH excluding ortho intramolecular Hbond substituents is 1. The number of carbonyl (C=O) groups is 2. The molecule has 35 heavy (non-hydrogen) atoms. The highest BCUT2D eigenvalue weighted by Gasteiger charge is 2.24. The molecule has 3 aromatic rings. The van der Waals surface area contributed by atoms with E-state index in [1.807, 2.05) is 0 Å². The summed E-state index contributed by atoms with van der Waals surface area (Å²) in [5, 5.41) is 15.4. The van der Waals surface area contributed by atoms with Crippen LogP contribution < -0.4 is 4.74 Å². The van der Waals surface area contributed by atoms with E-state index in [0.717, 1.165) is 5.39 Å². The lowest BCUT2D eigenvalue weighted by molar-refractivity contribution is 0.0526. The number of aromatic hydroxyl groups is 1. The molecule has 4 rings (SSSR count). The lowest BCUT2D eigenvalue weighted by atomic mass is 10.1. The minimum atomic E-state index is -0.379. The second-order valence-corrected chi connectivity index (χ2v) is 8.06. The van der Waals surface area contributed by atoms with Gasteiger partial charge in [-0.1, -0.05) is 5.16 Å². The molecule has 1 amide bonds. The van der Waals surface area contributed by atoms with Crippen molar-refractivity contribution in [2.75, 3.05) is 39.4 Å². The van der Waals surface area contributed by atoms with Crippen LogP contribution in [0.3, 0.4) is 0 Å². The monoisotopic (exact) mass is 483 g/mol. The fraction of sp³-hybridized carbons (Fsp3) is 0.400. The van der Waals surface area contributed by atoms with E-state index in [1.54, 1.807) is 55.1 Å². The maximum absolute atomic E-state index is 11.9. The predicted octanol–water partition coefficient (Wildman–Crippen LogP) is 3.56. The SMILES string of the molecule is CCOC(=O)c1ccc(OCc2noc3c(CN4CCN(C(=O)OCC)CC4)c(O)ccc23)cc1. The normalized spacial score (nSPS) is 14.2. The molecule has 0 saturated carbocycles. The first kappa shape index (κ1) is 24.3. The van der Waals surface area contributed by atoms with Gasteiger partial charge in [0.15, 0.2) is 5.58 Å². The Bertz CT molecular complexity index is 1170. The summed E-state index contributed by atoms with van der Waals surface area (Å²) in [6, 6.07) is 10.1. The first-order chi connectivity index (χ1) is 17.0. The zero-order valence-electron chi connectivity index (χ0n) is 19.9.